The number of hydrogen-bond donors (Lipinski definition) is 0. The summed E-state index contributed by atoms with van der Waals surface area (Å²) < 4.78 is 6.64. The Kier molecular flexibility index (Phi) is 8.07. The van der Waals surface area contributed by atoms with Gasteiger partial charge in [0, 0.05) is 13.1 Å². The molecule has 0 aliphatic heterocycles. The lowest BCUT2D eigenvalue weighted by atomic mass is 10.0. The molecule has 0 aliphatic rings. The second kappa shape index (κ2) is 10.8. The SMILES string of the molecule is CCOc1ccc2nc(N(CCN(C)C)C(=O)Cc3cccc4ccccc34)sc2c1.Cl. The van der Waals surface area contributed by atoms with Gasteiger partial charge in [0.05, 0.1) is 23.2 Å². The van der Waals surface area contributed by atoms with Crippen molar-refractivity contribution < 1.29 is 9.53 Å². The summed E-state index contributed by atoms with van der Waals surface area (Å²) >= 11 is 1.54. The molecule has 0 saturated carbocycles. The molecule has 0 aliphatic carbocycles. The summed E-state index contributed by atoms with van der Waals surface area (Å²) in [7, 11) is 4.03. The maximum Gasteiger partial charge on any atom is 0.233 e. The zero-order valence-electron chi connectivity index (χ0n) is 18.6. The average molecular weight is 470 g/mol. The van der Waals surface area contributed by atoms with Crippen LogP contribution >= 0.6 is 23.7 Å². The minimum atomic E-state index is 0. The lowest BCUT2D eigenvalue weighted by Gasteiger charge is -2.22. The number of benzene rings is 3. The number of carbonyl (C=O) groups is 1. The normalized spacial score (nSPS) is 11.0. The highest BCUT2D eigenvalue weighted by Crippen LogP contribution is 2.32. The summed E-state index contributed by atoms with van der Waals surface area (Å²) in [6, 6.07) is 20.2. The number of anilines is 1. The fourth-order valence-electron chi connectivity index (χ4n) is 3.60. The van der Waals surface area contributed by atoms with E-state index in [-0.39, 0.29) is 18.3 Å². The number of fused-ring (bicyclic) bond motifs is 2. The van der Waals surface area contributed by atoms with E-state index in [2.05, 4.69) is 23.1 Å². The predicted molar refractivity (Wildman–Crippen MR) is 137 cm³/mol. The Morgan fingerprint density at radius 2 is 1.81 bits per heavy atom. The first-order valence-electron chi connectivity index (χ1n) is 10.5. The van der Waals surface area contributed by atoms with E-state index in [1.54, 1.807) is 0 Å². The Labute approximate surface area is 199 Å². The van der Waals surface area contributed by atoms with Gasteiger partial charge in [-0.2, -0.15) is 0 Å². The van der Waals surface area contributed by atoms with Gasteiger partial charge in [0.2, 0.25) is 5.91 Å². The van der Waals surface area contributed by atoms with E-state index in [4.69, 9.17) is 9.72 Å². The zero-order chi connectivity index (χ0) is 21.8. The number of rotatable bonds is 8. The van der Waals surface area contributed by atoms with Crippen molar-refractivity contribution in [1.29, 1.82) is 0 Å². The predicted octanol–water partition coefficient (Wildman–Crippen LogP) is 5.41. The highest BCUT2D eigenvalue weighted by molar-refractivity contribution is 7.22. The number of thiazole rings is 1. The van der Waals surface area contributed by atoms with Crippen LogP contribution in [0.1, 0.15) is 12.5 Å². The molecule has 0 unspecified atom stereocenters. The van der Waals surface area contributed by atoms with Crippen LogP contribution in [-0.4, -0.2) is 49.6 Å². The van der Waals surface area contributed by atoms with Gasteiger partial charge in [-0.3, -0.25) is 9.69 Å². The third-order valence-electron chi connectivity index (χ3n) is 5.18. The molecule has 4 rings (SSSR count). The minimum Gasteiger partial charge on any atom is -0.494 e. The van der Waals surface area contributed by atoms with Crippen LogP contribution in [0.2, 0.25) is 0 Å². The van der Waals surface area contributed by atoms with E-state index in [1.807, 2.05) is 68.4 Å². The molecule has 32 heavy (non-hydrogen) atoms. The largest absolute Gasteiger partial charge is 0.494 e. The van der Waals surface area contributed by atoms with Crippen molar-refractivity contribution in [1.82, 2.24) is 9.88 Å². The summed E-state index contributed by atoms with van der Waals surface area (Å²) in [5, 5.41) is 3.00. The second-order valence-corrected chi connectivity index (χ2v) is 8.73. The van der Waals surface area contributed by atoms with Crippen molar-refractivity contribution in [3.05, 3.63) is 66.2 Å². The van der Waals surface area contributed by atoms with Crippen LogP contribution in [0.4, 0.5) is 5.13 Å². The van der Waals surface area contributed by atoms with Crippen LogP contribution in [0.5, 0.6) is 5.75 Å². The molecule has 0 N–H and O–H groups in total. The number of hydrogen-bond acceptors (Lipinski definition) is 5. The van der Waals surface area contributed by atoms with Crippen LogP contribution in [0.25, 0.3) is 21.0 Å². The maximum absolute atomic E-state index is 13.5. The van der Waals surface area contributed by atoms with E-state index in [0.717, 1.165) is 44.0 Å². The molecule has 1 heterocycles. The number of amides is 1. The van der Waals surface area contributed by atoms with Crippen LogP contribution in [0.3, 0.4) is 0 Å². The van der Waals surface area contributed by atoms with Gasteiger partial charge in [-0.05, 0) is 55.6 Å². The molecule has 0 radical (unpaired) electrons. The molecule has 168 valence electrons. The molecule has 0 atom stereocenters. The molecule has 0 bridgehead atoms. The summed E-state index contributed by atoms with van der Waals surface area (Å²) in [4.78, 5) is 22.1. The lowest BCUT2D eigenvalue weighted by Crippen LogP contribution is -2.37. The number of aromatic nitrogens is 1. The average Bonchev–Trinajstić information content (AvgIpc) is 3.17. The van der Waals surface area contributed by atoms with Crippen molar-refractivity contribution >= 4 is 55.8 Å². The number of likely N-dealkylation sites (N-methyl/N-ethyl adjacent to an activating group) is 1. The summed E-state index contributed by atoms with van der Waals surface area (Å²) in [5.41, 5.74) is 1.92. The van der Waals surface area contributed by atoms with Crippen molar-refractivity contribution in [2.24, 2.45) is 0 Å². The van der Waals surface area contributed by atoms with Crippen LogP contribution < -0.4 is 9.64 Å². The first-order valence-corrected chi connectivity index (χ1v) is 11.3. The second-order valence-electron chi connectivity index (χ2n) is 7.72. The van der Waals surface area contributed by atoms with Gasteiger partial charge in [-0.25, -0.2) is 4.98 Å². The van der Waals surface area contributed by atoms with E-state index in [0.29, 0.717) is 19.6 Å². The molecule has 0 spiro atoms. The summed E-state index contributed by atoms with van der Waals surface area (Å²) in [5.74, 6) is 0.884. The third-order valence-corrected chi connectivity index (χ3v) is 6.23. The number of ether oxygens (including phenoxy) is 1. The minimum absolute atomic E-state index is 0. The standard InChI is InChI=1S/C25H27N3O2S.ClH/c1-4-30-20-12-13-22-23(17-20)31-25(26-22)28(15-14-27(2)3)24(29)16-19-10-7-9-18-8-5-6-11-21(18)19;/h5-13,17H,4,14-16H2,1-3H3;1H. The van der Waals surface area contributed by atoms with Crippen LogP contribution in [0, 0.1) is 0 Å². The Balaban J connectivity index is 0.00000289. The number of carbonyl (C=O) groups excluding carboxylic acids is 1. The van der Waals surface area contributed by atoms with Gasteiger partial charge in [-0.15, -0.1) is 12.4 Å². The van der Waals surface area contributed by atoms with Gasteiger partial charge in [0.15, 0.2) is 5.13 Å². The quantitative estimate of drug-likeness (QED) is 0.346. The van der Waals surface area contributed by atoms with Crippen molar-refractivity contribution in [2.45, 2.75) is 13.3 Å². The van der Waals surface area contributed by atoms with Gasteiger partial charge in [-0.1, -0.05) is 53.8 Å². The van der Waals surface area contributed by atoms with Gasteiger partial charge in [0.1, 0.15) is 5.75 Å². The molecule has 5 nitrogen and oxygen atoms in total. The molecular formula is C25H28ClN3O2S. The fraction of sp³-hybridized carbons (Fsp3) is 0.280. The van der Waals surface area contributed by atoms with Crippen molar-refractivity contribution in [3.8, 4) is 5.75 Å². The summed E-state index contributed by atoms with van der Waals surface area (Å²) in [6.45, 7) is 3.95. The van der Waals surface area contributed by atoms with E-state index in [9.17, 15) is 4.79 Å². The molecular weight excluding hydrogens is 442 g/mol. The van der Waals surface area contributed by atoms with Crippen molar-refractivity contribution in [3.63, 3.8) is 0 Å². The number of nitrogens with zero attached hydrogens (tertiary/aromatic N) is 3. The Morgan fingerprint density at radius 3 is 2.59 bits per heavy atom. The Hall–Kier alpha value is -2.67. The molecule has 3 aromatic carbocycles. The van der Waals surface area contributed by atoms with Gasteiger partial charge in [0.25, 0.3) is 0 Å². The Bertz CT molecular complexity index is 1200. The molecule has 1 amide bonds. The summed E-state index contributed by atoms with van der Waals surface area (Å²) in [6.07, 6.45) is 0.342. The van der Waals surface area contributed by atoms with E-state index < -0.39 is 0 Å². The molecule has 4 aromatic rings. The molecule has 0 saturated heterocycles. The van der Waals surface area contributed by atoms with E-state index >= 15 is 0 Å². The highest BCUT2D eigenvalue weighted by Gasteiger charge is 2.21. The molecule has 0 fully saturated rings. The maximum atomic E-state index is 13.5. The molecule has 1 aromatic heterocycles. The topological polar surface area (TPSA) is 45.7 Å². The van der Waals surface area contributed by atoms with Crippen LogP contribution in [-0.2, 0) is 11.2 Å². The smallest absolute Gasteiger partial charge is 0.233 e. The zero-order valence-corrected chi connectivity index (χ0v) is 20.2. The lowest BCUT2D eigenvalue weighted by molar-refractivity contribution is -0.118. The first kappa shape index (κ1) is 24.0. The first-order chi connectivity index (χ1) is 15.0. The van der Waals surface area contributed by atoms with Crippen LogP contribution in [0.15, 0.2) is 60.7 Å². The van der Waals surface area contributed by atoms with Gasteiger partial charge >= 0.3 is 0 Å². The highest BCUT2D eigenvalue weighted by atomic mass is 35.5. The fourth-order valence-corrected chi connectivity index (χ4v) is 4.63. The van der Waals surface area contributed by atoms with Gasteiger partial charge < -0.3 is 9.64 Å². The monoisotopic (exact) mass is 469 g/mol. The van der Waals surface area contributed by atoms with E-state index in [1.165, 1.54) is 11.3 Å². The number of halogens is 1. The third kappa shape index (κ3) is 5.38. The Morgan fingerprint density at radius 1 is 1.03 bits per heavy atom. The molecule has 7 heteroatoms. The van der Waals surface area contributed by atoms with Crippen molar-refractivity contribution in [2.75, 3.05) is 38.7 Å².